The predicted molar refractivity (Wildman–Crippen MR) is 158 cm³/mol. The molecule has 0 bridgehead atoms. The van der Waals surface area contributed by atoms with E-state index < -0.39 is 32.8 Å². The second-order valence-electron chi connectivity index (χ2n) is 10.6. The van der Waals surface area contributed by atoms with E-state index in [4.69, 9.17) is 10.2 Å². The molecule has 14 heteroatoms. The van der Waals surface area contributed by atoms with Crippen molar-refractivity contribution in [3.63, 3.8) is 0 Å². The third-order valence-corrected chi connectivity index (χ3v) is 8.97. The first kappa shape index (κ1) is 29.8. The lowest BCUT2D eigenvalue weighted by molar-refractivity contribution is -0.0454. The Morgan fingerprint density at radius 2 is 1.93 bits per heavy atom. The smallest absolute Gasteiger partial charge is 0.240 e. The third-order valence-electron chi connectivity index (χ3n) is 7.19. The summed E-state index contributed by atoms with van der Waals surface area (Å²) in [4.78, 5) is 3.75. The zero-order chi connectivity index (χ0) is 31.2. The fourth-order valence-electron chi connectivity index (χ4n) is 4.84. The van der Waals surface area contributed by atoms with Crippen molar-refractivity contribution in [3.8, 4) is 28.2 Å². The molecule has 4 N–H and O–H groups in total. The first-order chi connectivity index (χ1) is 21.0. The van der Waals surface area contributed by atoms with Gasteiger partial charge in [-0.25, -0.2) is 32.0 Å². The Morgan fingerprint density at radius 3 is 2.57 bits per heavy atom. The molecule has 1 aliphatic rings. The van der Waals surface area contributed by atoms with E-state index in [2.05, 4.69) is 21.9 Å². The van der Waals surface area contributed by atoms with Crippen molar-refractivity contribution in [1.29, 1.82) is 0 Å². The number of aliphatic hydroxyl groups excluding tert-OH is 1. The Morgan fingerprint density at radius 1 is 1.14 bits per heavy atom. The van der Waals surface area contributed by atoms with E-state index in [0.717, 1.165) is 30.7 Å². The van der Waals surface area contributed by atoms with Gasteiger partial charge in [0.15, 0.2) is 6.29 Å². The van der Waals surface area contributed by atoms with E-state index in [0.29, 0.717) is 45.4 Å². The Kier molecular flexibility index (Phi) is 7.91. The van der Waals surface area contributed by atoms with Gasteiger partial charge in [0.25, 0.3) is 0 Å². The van der Waals surface area contributed by atoms with Crippen molar-refractivity contribution >= 4 is 21.4 Å². The molecule has 1 fully saturated rings. The molecular formula is C30H26F2N6O4S2. The molecule has 0 spiro atoms. The number of sulfonamides is 1. The minimum atomic E-state index is -4.25. The molecule has 6 rings (SSSR count). The number of aryl methyl sites for hydroxylation is 1. The average Bonchev–Trinajstić information content (AvgIpc) is 3.31. The number of hydrogen-bond donors (Lipinski definition) is 3. The summed E-state index contributed by atoms with van der Waals surface area (Å²) in [5.74, 6) is 4.67. The molecule has 0 unspecified atom stereocenters. The normalized spacial score (nSPS) is 13.3. The summed E-state index contributed by atoms with van der Waals surface area (Å²) < 4.78 is 56.6. The number of benzene rings is 2. The van der Waals surface area contributed by atoms with Crippen LogP contribution in [0.15, 0.2) is 59.1 Å². The predicted octanol–water partition coefficient (Wildman–Crippen LogP) is 3.58. The van der Waals surface area contributed by atoms with Crippen LogP contribution in [0.2, 0.25) is 0 Å². The second-order valence-corrected chi connectivity index (χ2v) is 13.0. The molecule has 0 saturated heterocycles. The lowest BCUT2D eigenvalue weighted by atomic mass is 9.96. The Hall–Kier alpha value is -4.26. The minimum absolute atomic E-state index is 0.0661. The van der Waals surface area contributed by atoms with Crippen molar-refractivity contribution in [2.75, 3.05) is 0 Å². The van der Waals surface area contributed by atoms with Crippen LogP contribution in [0.5, 0.6) is 0 Å². The van der Waals surface area contributed by atoms with Crippen molar-refractivity contribution in [2.24, 2.45) is 18.1 Å². The molecule has 5 aromatic rings. The summed E-state index contributed by atoms with van der Waals surface area (Å²) in [6, 6.07) is 8.22. The molecule has 0 aliphatic heterocycles. The number of aliphatic hydroxyl groups is 2. The second kappa shape index (κ2) is 11.7. The number of nitrogens with two attached hydrogens (primary N) is 1. The van der Waals surface area contributed by atoms with Gasteiger partial charge in [-0.2, -0.15) is 10.2 Å². The van der Waals surface area contributed by atoms with Crippen LogP contribution < -0.4 is 5.14 Å². The SMILES string of the molecule is Cn1cc(C#Cc2cc(-c3nn(-c4nc(C(O)O)cs4)c(CC4CC4)c3Cc3ccc(S(N)(=O)=O)c(F)c3)ccc2F)cn1. The lowest BCUT2D eigenvalue weighted by Crippen LogP contribution is -2.14. The Balaban J connectivity index is 1.51. The van der Waals surface area contributed by atoms with Gasteiger partial charge in [-0.15, -0.1) is 11.3 Å². The maximum Gasteiger partial charge on any atom is 0.240 e. The Labute approximate surface area is 255 Å². The van der Waals surface area contributed by atoms with Crippen LogP contribution in [0.3, 0.4) is 0 Å². The maximum atomic E-state index is 14.9. The van der Waals surface area contributed by atoms with E-state index in [1.54, 1.807) is 40.9 Å². The molecule has 3 heterocycles. The highest BCUT2D eigenvalue weighted by Gasteiger charge is 2.29. The highest BCUT2D eigenvalue weighted by atomic mass is 32.2. The van der Waals surface area contributed by atoms with Crippen LogP contribution in [0.4, 0.5) is 8.78 Å². The van der Waals surface area contributed by atoms with E-state index in [-0.39, 0.29) is 17.7 Å². The number of aromatic nitrogens is 5. The Bertz CT molecular complexity index is 2050. The van der Waals surface area contributed by atoms with Crippen LogP contribution in [-0.2, 0) is 29.9 Å². The summed E-state index contributed by atoms with van der Waals surface area (Å²) in [6.07, 6.45) is 4.33. The van der Waals surface area contributed by atoms with Gasteiger partial charge in [0.1, 0.15) is 22.2 Å². The van der Waals surface area contributed by atoms with Crippen molar-refractivity contribution in [1.82, 2.24) is 24.5 Å². The summed E-state index contributed by atoms with van der Waals surface area (Å²) in [5, 5.41) is 35.4. The molecule has 226 valence electrons. The van der Waals surface area contributed by atoms with E-state index in [9.17, 15) is 27.4 Å². The van der Waals surface area contributed by atoms with Crippen molar-refractivity contribution in [3.05, 3.63) is 99.4 Å². The molecule has 44 heavy (non-hydrogen) atoms. The van der Waals surface area contributed by atoms with Gasteiger partial charge in [0, 0.05) is 36.2 Å². The highest BCUT2D eigenvalue weighted by molar-refractivity contribution is 7.89. The van der Waals surface area contributed by atoms with Gasteiger partial charge < -0.3 is 10.2 Å². The van der Waals surface area contributed by atoms with E-state index in [1.165, 1.54) is 28.8 Å². The number of thiazole rings is 1. The number of rotatable bonds is 8. The van der Waals surface area contributed by atoms with Crippen LogP contribution in [-0.4, -0.2) is 43.2 Å². The molecule has 10 nitrogen and oxygen atoms in total. The van der Waals surface area contributed by atoms with Crippen molar-refractivity contribution in [2.45, 2.75) is 36.9 Å². The van der Waals surface area contributed by atoms with Gasteiger partial charge >= 0.3 is 0 Å². The van der Waals surface area contributed by atoms with Crippen molar-refractivity contribution < 1.29 is 27.4 Å². The molecule has 0 radical (unpaired) electrons. The summed E-state index contributed by atoms with van der Waals surface area (Å²) in [5.41, 5.74) is 3.80. The van der Waals surface area contributed by atoms with Crippen LogP contribution in [0.1, 0.15) is 52.8 Å². The number of halogens is 2. The van der Waals surface area contributed by atoms with E-state index in [1.807, 2.05) is 0 Å². The van der Waals surface area contributed by atoms with Gasteiger partial charge in [-0.05, 0) is 61.1 Å². The molecule has 3 aromatic heterocycles. The van der Waals surface area contributed by atoms with Crippen LogP contribution in [0.25, 0.3) is 16.4 Å². The molecule has 2 aromatic carbocycles. The average molecular weight is 637 g/mol. The van der Waals surface area contributed by atoms with Gasteiger partial charge in [-0.3, -0.25) is 4.68 Å². The molecule has 0 atom stereocenters. The van der Waals surface area contributed by atoms with Crippen LogP contribution >= 0.6 is 11.3 Å². The first-order valence-electron chi connectivity index (χ1n) is 13.5. The molecular weight excluding hydrogens is 610 g/mol. The van der Waals surface area contributed by atoms with Gasteiger partial charge in [0.05, 0.1) is 28.7 Å². The molecule has 1 saturated carbocycles. The minimum Gasteiger partial charge on any atom is -0.363 e. The van der Waals surface area contributed by atoms with Gasteiger partial charge in [-0.1, -0.05) is 17.9 Å². The largest absolute Gasteiger partial charge is 0.363 e. The highest BCUT2D eigenvalue weighted by Crippen LogP contribution is 2.38. The first-order valence-corrected chi connectivity index (χ1v) is 15.9. The van der Waals surface area contributed by atoms with Gasteiger partial charge in [0.2, 0.25) is 15.2 Å². The molecule has 0 amide bonds. The molecule has 1 aliphatic carbocycles. The number of primary sulfonamides is 1. The van der Waals surface area contributed by atoms with Crippen LogP contribution in [0, 0.1) is 29.4 Å². The topological polar surface area (TPSA) is 149 Å². The fraction of sp³-hybridized carbons (Fsp3) is 0.233. The fourth-order valence-corrected chi connectivity index (χ4v) is 6.24. The summed E-state index contributed by atoms with van der Waals surface area (Å²) in [7, 11) is -2.50. The zero-order valence-corrected chi connectivity index (χ0v) is 24.9. The summed E-state index contributed by atoms with van der Waals surface area (Å²) in [6.45, 7) is 0. The number of hydrogen-bond acceptors (Lipinski definition) is 8. The summed E-state index contributed by atoms with van der Waals surface area (Å²) >= 11 is 1.18. The monoisotopic (exact) mass is 636 g/mol. The lowest BCUT2D eigenvalue weighted by Gasteiger charge is -2.10. The zero-order valence-electron chi connectivity index (χ0n) is 23.3. The number of nitrogens with zero attached hydrogens (tertiary/aromatic N) is 5. The van der Waals surface area contributed by atoms with E-state index >= 15 is 0 Å². The quantitative estimate of drug-likeness (QED) is 0.174. The standard InChI is InChI=1S/C30H26F2N6O4S2/c1-37-15-19(14-34-37)4-6-20-13-21(7-8-23(20)31)28-22(10-18-5-9-27(24(32)11-18)44(33,41)42)26(12-17-2-3-17)38(36-28)30-35-25(16-43-30)29(39)40/h5,7-9,11,13-17,29,39-40H,2-3,10,12H2,1H3,(H2,33,41,42). The maximum absolute atomic E-state index is 14.9. The third kappa shape index (κ3) is 6.33.